The molecule has 1 saturated carbocycles. The Bertz CT molecular complexity index is 511. The van der Waals surface area contributed by atoms with E-state index in [1.165, 1.54) is 6.08 Å². The topological polar surface area (TPSA) is 79.5 Å². The molecule has 0 bridgehead atoms. The molecule has 102 valence electrons. The van der Waals surface area contributed by atoms with Gasteiger partial charge in [0.15, 0.2) is 0 Å². The zero-order valence-corrected chi connectivity index (χ0v) is 10.8. The average Bonchev–Trinajstić information content (AvgIpc) is 2.70. The number of furan rings is 1. The zero-order chi connectivity index (χ0) is 13.9. The summed E-state index contributed by atoms with van der Waals surface area (Å²) in [5.74, 6) is 0.245. The van der Waals surface area contributed by atoms with Gasteiger partial charge in [-0.3, -0.25) is 9.59 Å². The Labute approximate surface area is 111 Å². The molecule has 0 spiro atoms. The fraction of sp³-hybridized carbons (Fsp3) is 0.429. The van der Waals surface area contributed by atoms with Crippen molar-refractivity contribution in [3.8, 4) is 0 Å². The molecule has 1 aliphatic carbocycles. The molecular weight excluding hydrogens is 246 g/mol. The van der Waals surface area contributed by atoms with Crippen LogP contribution in [0.1, 0.15) is 30.8 Å². The number of aryl methyl sites for hydroxylation is 1. The number of carbonyl (C=O) groups excluding carboxylic acids is 1. The van der Waals surface area contributed by atoms with Gasteiger partial charge in [-0.25, -0.2) is 0 Å². The summed E-state index contributed by atoms with van der Waals surface area (Å²) in [4.78, 5) is 22.7. The molecule has 0 aliphatic heterocycles. The van der Waals surface area contributed by atoms with E-state index in [4.69, 9.17) is 9.52 Å². The standard InChI is InChI=1S/C14H17NO4/c1-10-3-4-11(19-10)5-6-12(16)15-9-14(13(17)18)7-2-8-14/h3-6H,2,7-9H2,1H3,(H,15,16)(H,17,18)/b6-5+. The summed E-state index contributed by atoms with van der Waals surface area (Å²) >= 11 is 0. The Morgan fingerprint density at radius 2 is 2.21 bits per heavy atom. The largest absolute Gasteiger partial charge is 0.481 e. The Morgan fingerprint density at radius 3 is 2.68 bits per heavy atom. The van der Waals surface area contributed by atoms with Crippen molar-refractivity contribution in [3.05, 3.63) is 29.7 Å². The molecule has 0 atom stereocenters. The van der Waals surface area contributed by atoms with Gasteiger partial charge in [-0.1, -0.05) is 6.42 Å². The number of aliphatic carboxylic acids is 1. The summed E-state index contributed by atoms with van der Waals surface area (Å²) in [7, 11) is 0. The number of hydrogen-bond acceptors (Lipinski definition) is 3. The van der Waals surface area contributed by atoms with Crippen molar-refractivity contribution in [1.82, 2.24) is 5.32 Å². The number of nitrogens with one attached hydrogen (secondary N) is 1. The van der Waals surface area contributed by atoms with Gasteiger partial charge in [-0.05, 0) is 38.0 Å². The van der Waals surface area contributed by atoms with E-state index in [-0.39, 0.29) is 12.5 Å². The lowest BCUT2D eigenvalue weighted by molar-refractivity contribution is -0.154. The van der Waals surface area contributed by atoms with Crippen LogP contribution in [-0.2, 0) is 9.59 Å². The lowest BCUT2D eigenvalue weighted by Gasteiger charge is -2.37. The van der Waals surface area contributed by atoms with Crippen molar-refractivity contribution in [2.75, 3.05) is 6.54 Å². The summed E-state index contributed by atoms with van der Waals surface area (Å²) in [5, 5.41) is 11.8. The van der Waals surface area contributed by atoms with Gasteiger partial charge in [-0.2, -0.15) is 0 Å². The highest BCUT2D eigenvalue weighted by Gasteiger charge is 2.44. The van der Waals surface area contributed by atoms with Crippen LogP contribution < -0.4 is 5.32 Å². The number of carboxylic acids is 1. The van der Waals surface area contributed by atoms with E-state index in [1.54, 1.807) is 12.1 Å². The predicted octanol–water partition coefficient (Wildman–Crippen LogP) is 1.97. The molecular formula is C14H17NO4. The van der Waals surface area contributed by atoms with Crippen LogP contribution in [0.3, 0.4) is 0 Å². The highest BCUT2D eigenvalue weighted by atomic mass is 16.4. The number of carbonyl (C=O) groups is 2. The monoisotopic (exact) mass is 263 g/mol. The van der Waals surface area contributed by atoms with E-state index < -0.39 is 11.4 Å². The van der Waals surface area contributed by atoms with Crippen LogP contribution in [0.25, 0.3) is 6.08 Å². The second-order valence-electron chi connectivity index (χ2n) is 4.94. The average molecular weight is 263 g/mol. The van der Waals surface area contributed by atoms with Gasteiger partial charge >= 0.3 is 5.97 Å². The highest BCUT2D eigenvalue weighted by Crippen LogP contribution is 2.40. The smallest absolute Gasteiger partial charge is 0.311 e. The molecule has 19 heavy (non-hydrogen) atoms. The summed E-state index contributed by atoms with van der Waals surface area (Å²) < 4.78 is 5.29. The maximum atomic E-state index is 11.6. The lowest BCUT2D eigenvalue weighted by atomic mass is 9.69. The fourth-order valence-electron chi connectivity index (χ4n) is 2.09. The molecule has 1 aromatic heterocycles. The summed E-state index contributed by atoms with van der Waals surface area (Å²) in [5.41, 5.74) is -0.759. The number of carboxylic acid groups (broad SMARTS) is 1. The minimum Gasteiger partial charge on any atom is -0.481 e. The van der Waals surface area contributed by atoms with E-state index in [0.29, 0.717) is 18.6 Å². The Hall–Kier alpha value is -2.04. The van der Waals surface area contributed by atoms with Crippen molar-refractivity contribution in [2.24, 2.45) is 5.41 Å². The highest BCUT2D eigenvalue weighted by molar-refractivity contribution is 5.91. The van der Waals surface area contributed by atoms with Gasteiger partial charge in [0, 0.05) is 12.6 Å². The van der Waals surface area contributed by atoms with Crippen molar-refractivity contribution in [3.63, 3.8) is 0 Å². The number of hydrogen-bond donors (Lipinski definition) is 2. The van der Waals surface area contributed by atoms with Gasteiger partial charge in [0.05, 0.1) is 5.41 Å². The molecule has 0 radical (unpaired) electrons. The molecule has 1 heterocycles. The molecule has 1 aliphatic rings. The van der Waals surface area contributed by atoms with Crippen molar-refractivity contribution >= 4 is 18.0 Å². The number of amides is 1. The van der Waals surface area contributed by atoms with E-state index in [9.17, 15) is 9.59 Å². The molecule has 0 aromatic carbocycles. The molecule has 1 amide bonds. The Kier molecular flexibility index (Phi) is 3.74. The lowest BCUT2D eigenvalue weighted by Crippen LogP contribution is -2.47. The minimum absolute atomic E-state index is 0.183. The Balaban J connectivity index is 1.85. The molecule has 1 fully saturated rings. The van der Waals surface area contributed by atoms with Crippen molar-refractivity contribution in [2.45, 2.75) is 26.2 Å². The van der Waals surface area contributed by atoms with Crippen LogP contribution >= 0.6 is 0 Å². The predicted molar refractivity (Wildman–Crippen MR) is 69.4 cm³/mol. The SMILES string of the molecule is Cc1ccc(/C=C/C(=O)NCC2(C(=O)O)CCC2)o1. The van der Waals surface area contributed by atoms with Gasteiger partial charge in [0.2, 0.25) is 5.91 Å². The second kappa shape index (κ2) is 5.30. The zero-order valence-electron chi connectivity index (χ0n) is 10.8. The van der Waals surface area contributed by atoms with Gasteiger partial charge in [0.25, 0.3) is 0 Å². The summed E-state index contributed by atoms with van der Waals surface area (Å²) in [6.45, 7) is 2.01. The molecule has 0 saturated heterocycles. The van der Waals surface area contributed by atoms with E-state index in [2.05, 4.69) is 5.32 Å². The molecule has 2 N–H and O–H groups in total. The van der Waals surface area contributed by atoms with E-state index >= 15 is 0 Å². The fourth-order valence-corrected chi connectivity index (χ4v) is 2.09. The minimum atomic E-state index is -0.829. The van der Waals surface area contributed by atoms with Crippen LogP contribution in [0.2, 0.25) is 0 Å². The molecule has 0 unspecified atom stereocenters. The van der Waals surface area contributed by atoms with Crippen LogP contribution in [0, 0.1) is 12.3 Å². The van der Waals surface area contributed by atoms with Crippen molar-refractivity contribution < 1.29 is 19.1 Å². The third-order valence-electron chi connectivity index (χ3n) is 3.53. The maximum Gasteiger partial charge on any atom is 0.311 e. The number of rotatable bonds is 5. The first kappa shape index (κ1) is 13.4. The summed E-state index contributed by atoms with van der Waals surface area (Å²) in [6.07, 6.45) is 5.08. The van der Waals surface area contributed by atoms with Gasteiger partial charge < -0.3 is 14.8 Å². The Morgan fingerprint density at radius 1 is 1.47 bits per heavy atom. The third-order valence-corrected chi connectivity index (χ3v) is 3.53. The van der Waals surface area contributed by atoms with Gasteiger partial charge in [-0.15, -0.1) is 0 Å². The first-order valence-electron chi connectivity index (χ1n) is 6.28. The van der Waals surface area contributed by atoms with Crippen molar-refractivity contribution in [1.29, 1.82) is 0 Å². The molecule has 1 aromatic rings. The second-order valence-corrected chi connectivity index (χ2v) is 4.94. The summed E-state index contributed by atoms with van der Waals surface area (Å²) in [6, 6.07) is 3.58. The molecule has 5 heteroatoms. The molecule has 2 rings (SSSR count). The van der Waals surface area contributed by atoms with Crippen LogP contribution in [0.15, 0.2) is 22.6 Å². The maximum absolute atomic E-state index is 11.6. The van der Waals surface area contributed by atoms with E-state index in [1.807, 2.05) is 13.0 Å². The van der Waals surface area contributed by atoms with Crippen LogP contribution in [0.4, 0.5) is 0 Å². The van der Waals surface area contributed by atoms with E-state index in [0.717, 1.165) is 12.2 Å². The quantitative estimate of drug-likeness (QED) is 0.796. The van der Waals surface area contributed by atoms with Crippen LogP contribution in [0.5, 0.6) is 0 Å². The first-order valence-corrected chi connectivity index (χ1v) is 6.28. The first-order chi connectivity index (χ1) is 9.02. The molecule has 5 nitrogen and oxygen atoms in total. The van der Waals surface area contributed by atoms with Gasteiger partial charge in [0.1, 0.15) is 11.5 Å². The van der Waals surface area contributed by atoms with Crippen LogP contribution in [-0.4, -0.2) is 23.5 Å². The third kappa shape index (κ3) is 3.05. The normalized spacial score (nSPS) is 17.1.